The minimum absolute atomic E-state index is 0.461. The highest BCUT2D eigenvalue weighted by molar-refractivity contribution is 5.96. The van der Waals surface area contributed by atoms with Gasteiger partial charge in [-0.05, 0) is 31.9 Å². The van der Waals surface area contributed by atoms with Crippen LogP contribution in [0.5, 0.6) is 5.75 Å². The van der Waals surface area contributed by atoms with Gasteiger partial charge in [-0.1, -0.05) is 25.1 Å². The Bertz CT molecular complexity index is 446. The van der Waals surface area contributed by atoms with Crippen molar-refractivity contribution in [3.05, 3.63) is 29.8 Å². The number of imide groups is 1. The van der Waals surface area contributed by atoms with Gasteiger partial charge in [0.1, 0.15) is 5.75 Å². The molecule has 0 spiro atoms. The van der Waals surface area contributed by atoms with E-state index in [-0.39, 0.29) is 0 Å². The van der Waals surface area contributed by atoms with Crippen molar-refractivity contribution >= 4 is 11.9 Å². The summed E-state index contributed by atoms with van der Waals surface area (Å²) in [6.07, 6.45) is 0.0937. The van der Waals surface area contributed by atoms with Crippen molar-refractivity contribution in [2.75, 3.05) is 6.54 Å². The first-order chi connectivity index (χ1) is 9.08. The van der Waals surface area contributed by atoms with Gasteiger partial charge in [0.25, 0.3) is 5.91 Å². The topological polar surface area (TPSA) is 67.4 Å². The third kappa shape index (κ3) is 4.62. The molecule has 1 atom stereocenters. The second-order valence-electron chi connectivity index (χ2n) is 4.07. The fraction of sp³-hybridized carbons (Fsp3) is 0.429. The van der Waals surface area contributed by atoms with Crippen LogP contribution < -0.4 is 15.4 Å². The minimum Gasteiger partial charge on any atom is -0.481 e. The van der Waals surface area contributed by atoms with Crippen LogP contribution in [-0.4, -0.2) is 24.6 Å². The second-order valence-corrected chi connectivity index (χ2v) is 4.07. The first kappa shape index (κ1) is 15.0. The Morgan fingerprint density at radius 1 is 1.26 bits per heavy atom. The van der Waals surface area contributed by atoms with Crippen molar-refractivity contribution in [2.45, 2.75) is 33.3 Å². The third-order valence-electron chi connectivity index (χ3n) is 2.60. The van der Waals surface area contributed by atoms with Crippen molar-refractivity contribution in [1.82, 2.24) is 10.6 Å². The number of para-hydroxylation sites is 1. The van der Waals surface area contributed by atoms with E-state index in [4.69, 9.17) is 4.74 Å². The Morgan fingerprint density at radius 3 is 2.58 bits per heavy atom. The van der Waals surface area contributed by atoms with Crippen LogP contribution >= 0.6 is 0 Å². The number of rotatable bonds is 5. The van der Waals surface area contributed by atoms with Crippen LogP contribution in [0.1, 0.15) is 26.3 Å². The molecule has 0 radical (unpaired) electrons. The third-order valence-corrected chi connectivity index (χ3v) is 2.60. The predicted molar refractivity (Wildman–Crippen MR) is 73.1 cm³/mol. The van der Waals surface area contributed by atoms with Gasteiger partial charge in [-0.3, -0.25) is 10.1 Å². The lowest BCUT2D eigenvalue weighted by Crippen LogP contribution is -2.45. The average molecular weight is 264 g/mol. The zero-order valence-corrected chi connectivity index (χ0v) is 11.5. The molecule has 5 heteroatoms. The van der Waals surface area contributed by atoms with Gasteiger partial charge < -0.3 is 10.1 Å². The molecule has 0 aromatic heterocycles. The first-order valence-corrected chi connectivity index (χ1v) is 6.41. The number of ether oxygens (including phenoxy) is 1. The molecule has 5 nitrogen and oxygen atoms in total. The first-order valence-electron chi connectivity index (χ1n) is 6.41. The molecule has 0 bridgehead atoms. The maximum absolute atomic E-state index is 11.7. The summed E-state index contributed by atoms with van der Waals surface area (Å²) in [5, 5.41) is 4.72. The molecule has 0 fully saturated rings. The largest absolute Gasteiger partial charge is 0.481 e. The number of aryl methyl sites for hydroxylation is 1. The van der Waals surface area contributed by atoms with Gasteiger partial charge in [0, 0.05) is 6.54 Å². The fourth-order valence-corrected chi connectivity index (χ4v) is 1.57. The summed E-state index contributed by atoms with van der Waals surface area (Å²) < 4.78 is 5.59. The average Bonchev–Trinajstić information content (AvgIpc) is 2.39. The lowest BCUT2D eigenvalue weighted by atomic mass is 10.1. The maximum atomic E-state index is 11.7. The van der Waals surface area contributed by atoms with E-state index < -0.39 is 18.0 Å². The number of nitrogens with one attached hydrogen (secondary N) is 2. The highest BCUT2D eigenvalue weighted by Gasteiger charge is 2.17. The quantitative estimate of drug-likeness (QED) is 0.853. The molecule has 0 saturated heterocycles. The van der Waals surface area contributed by atoms with Gasteiger partial charge in [-0.25, -0.2) is 4.79 Å². The standard InChI is InChI=1S/C14H20N2O3/c1-4-11-8-6-7-9-12(11)19-10(3)13(17)16-14(18)15-5-2/h6-10H,4-5H2,1-3H3,(H2,15,16,17,18)/t10-/m1/s1. The van der Waals surface area contributed by atoms with Crippen LogP contribution in [-0.2, 0) is 11.2 Å². The molecule has 0 saturated carbocycles. The Hall–Kier alpha value is -2.04. The smallest absolute Gasteiger partial charge is 0.321 e. The van der Waals surface area contributed by atoms with Gasteiger partial charge >= 0.3 is 6.03 Å². The Balaban J connectivity index is 2.61. The maximum Gasteiger partial charge on any atom is 0.321 e. The second kappa shape index (κ2) is 7.41. The minimum atomic E-state index is -0.727. The Morgan fingerprint density at radius 2 is 1.95 bits per heavy atom. The van der Waals surface area contributed by atoms with Crippen LogP contribution in [0.3, 0.4) is 0 Å². The van der Waals surface area contributed by atoms with Crippen LogP contribution in [0.25, 0.3) is 0 Å². The number of carbonyl (C=O) groups excluding carboxylic acids is 2. The highest BCUT2D eigenvalue weighted by Crippen LogP contribution is 2.19. The fourth-order valence-electron chi connectivity index (χ4n) is 1.57. The molecule has 0 heterocycles. The van der Waals surface area contributed by atoms with E-state index in [1.54, 1.807) is 13.8 Å². The molecule has 1 aromatic carbocycles. The van der Waals surface area contributed by atoms with Gasteiger partial charge in [0.15, 0.2) is 6.10 Å². The van der Waals surface area contributed by atoms with E-state index in [9.17, 15) is 9.59 Å². The molecule has 1 rings (SSSR count). The van der Waals surface area contributed by atoms with Gasteiger partial charge in [-0.15, -0.1) is 0 Å². The molecule has 104 valence electrons. The van der Waals surface area contributed by atoms with Crippen molar-refractivity contribution in [2.24, 2.45) is 0 Å². The van der Waals surface area contributed by atoms with E-state index in [0.717, 1.165) is 12.0 Å². The van der Waals surface area contributed by atoms with Crippen molar-refractivity contribution in [1.29, 1.82) is 0 Å². The summed E-state index contributed by atoms with van der Waals surface area (Å²) in [5.74, 6) is 0.209. The van der Waals surface area contributed by atoms with E-state index in [1.165, 1.54) is 0 Å². The number of benzene rings is 1. The summed E-state index contributed by atoms with van der Waals surface area (Å²) in [4.78, 5) is 23.0. The van der Waals surface area contributed by atoms with Crippen molar-refractivity contribution < 1.29 is 14.3 Å². The van der Waals surface area contributed by atoms with Gasteiger partial charge in [0.2, 0.25) is 0 Å². The van der Waals surface area contributed by atoms with E-state index in [0.29, 0.717) is 12.3 Å². The summed E-state index contributed by atoms with van der Waals surface area (Å²) in [7, 11) is 0. The van der Waals surface area contributed by atoms with Crippen LogP contribution in [0, 0.1) is 0 Å². The van der Waals surface area contributed by atoms with E-state index in [2.05, 4.69) is 10.6 Å². The predicted octanol–water partition coefficient (Wildman–Crippen LogP) is 1.86. The summed E-state index contributed by atoms with van der Waals surface area (Å²) in [5.41, 5.74) is 1.03. The van der Waals surface area contributed by atoms with Crippen LogP contribution in [0.15, 0.2) is 24.3 Å². The molecule has 2 N–H and O–H groups in total. The molecule has 3 amide bonds. The van der Waals surface area contributed by atoms with Gasteiger partial charge in [-0.2, -0.15) is 0 Å². The number of urea groups is 1. The zero-order chi connectivity index (χ0) is 14.3. The molecule has 19 heavy (non-hydrogen) atoms. The molecule has 0 aliphatic rings. The summed E-state index contributed by atoms with van der Waals surface area (Å²) >= 11 is 0. The lowest BCUT2D eigenvalue weighted by Gasteiger charge is -2.16. The number of hydrogen-bond donors (Lipinski definition) is 2. The van der Waals surface area contributed by atoms with Crippen LogP contribution in [0.2, 0.25) is 0 Å². The lowest BCUT2D eigenvalue weighted by molar-refractivity contribution is -0.126. The number of hydrogen-bond acceptors (Lipinski definition) is 3. The molecule has 0 unspecified atom stereocenters. The molecular formula is C14H20N2O3. The van der Waals surface area contributed by atoms with Gasteiger partial charge in [0.05, 0.1) is 0 Å². The Labute approximate surface area is 113 Å². The van der Waals surface area contributed by atoms with Crippen LogP contribution in [0.4, 0.5) is 4.79 Å². The van der Waals surface area contributed by atoms with Crippen molar-refractivity contribution in [3.63, 3.8) is 0 Å². The molecular weight excluding hydrogens is 244 g/mol. The normalized spacial score (nSPS) is 11.5. The highest BCUT2D eigenvalue weighted by atomic mass is 16.5. The molecule has 0 aliphatic carbocycles. The van der Waals surface area contributed by atoms with E-state index >= 15 is 0 Å². The monoisotopic (exact) mass is 264 g/mol. The Kier molecular flexibility index (Phi) is 5.85. The SMILES string of the molecule is CCNC(=O)NC(=O)[C@@H](C)Oc1ccccc1CC. The zero-order valence-electron chi connectivity index (χ0n) is 11.5. The molecule has 0 aliphatic heterocycles. The summed E-state index contributed by atoms with van der Waals surface area (Å²) in [6.45, 7) is 5.87. The summed E-state index contributed by atoms with van der Waals surface area (Å²) in [6, 6.07) is 7.03. The van der Waals surface area contributed by atoms with Crippen molar-refractivity contribution in [3.8, 4) is 5.75 Å². The molecule has 1 aromatic rings. The van der Waals surface area contributed by atoms with E-state index in [1.807, 2.05) is 31.2 Å². The number of amides is 3. The number of carbonyl (C=O) groups is 2.